The topological polar surface area (TPSA) is 38.7 Å². The van der Waals surface area contributed by atoms with Gasteiger partial charge < -0.3 is 4.74 Å². The van der Waals surface area contributed by atoms with Crippen LogP contribution in [-0.2, 0) is 9.53 Å². The Labute approximate surface area is 111 Å². The molecular formula is C16H15NO2. The fourth-order valence-corrected chi connectivity index (χ4v) is 2.40. The molecule has 1 aliphatic rings. The van der Waals surface area contributed by atoms with E-state index in [0.29, 0.717) is 6.61 Å². The first-order chi connectivity index (χ1) is 9.24. The van der Waals surface area contributed by atoms with Crippen molar-refractivity contribution < 1.29 is 9.53 Å². The molecule has 0 amide bonds. The lowest BCUT2D eigenvalue weighted by molar-refractivity contribution is -0.139. The van der Waals surface area contributed by atoms with Gasteiger partial charge in [-0.1, -0.05) is 30.3 Å². The molecule has 0 bridgehead atoms. The van der Waals surface area contributed by atoms with Crippen LogP contribution in [0.25, 0.3) is 10.8 Å². The monoisotopic (exact) mass is 253 g/mol. The number of rotatable bonds is 2. The second kappa shape index (κ2) is 4.84. The predicted octanol–water partition coefficient (Wildman–Crippen LogP) is 3.50. The summed E-state index contributed by atoms with van der Waals surface area (Å²) in [5, 5.41) is 2.35. The molecule has 3 heteroatoms. The van der Waals surface area contributed by atoms with E-state index >= 15 is 0 Å². The predicted molar refractivity (Wildman–Crippen MR) is 75.8 cm³/mol. The molecule has 0 spiro atoms. The summed E-state index contributed by atoms with van der Waals surface area (Å²) in [5.41, 5.74) is 1.72. The lowest BCUT2D eigenvalue weighted by atomic mass is 10.0. The van der Waals surface area contributed by atoms with Crippen molar-refractivity contribution in [3.8, 4) is 0 Å². The Kier molecular flexibility index (Phi) is 3.03. The number of aliphatic imine (C=N–C) groups is 1. The summed E-state index contributed by atoms with van der Waals surface area (Å²) in [5.74, 6) is -0.325. The maximum atomic E-state index is 11.5. The van der Waals surface area contributed by atoms with Crippen molar-refractivity contribution >= 4 is 28.1 Å². The molecular weight excluding hydrogens is 238 g/mol. The highest BCUT2D eigenvalue weighted by molar-refractivity contribution is 6.03. The molecule has 96 valence electrons. The van der Waals surface area contributed by atoms with Crippen LogP contribution < -0.4 is 0 Å². The summed E-state index contributed by atoms with van der Waals surface area (Å²) in [6.07, 6.45) is 0.738. The summed E-state index contributed by atoms with van der Waals surface area (Å²) < 4.78 is 4.97. The van der Waals surface area contributed by atoms with Gasteiger partial charge >= 0.3 is 5.97 Å². The molecule has 1 saturated heterocycles. The van der Waals surface area contributed by atoms with Gasteiger partial charge in [-0.05, 0) is 29.8 Å². The van der Waals surface area contributed by atoms with E-state index in [4.69, 9.17) is 4.74 Å². The summed E-state index contributed by atoms with van der Waals surface area (Å²) in [7, 11) is 0. The van der Waals surface area contributed by atoms with Crippen molar-refractivity contribution in [3.63, 3.8) is 0 Å². The highest BCUT2D eigenvalue weighted by Gasteiger charge is 2.28. The van der Waals surface area contributed by atoms with Gasteiger partial charge in [0.2, 0.25) is 0 Å². The number of esters is 1. The third kappa shape index (κ3) is 2.36. The van der Waals surface area contributed by atoms with E-state index < -0.39 is 0 Å². The second-order valence-electron chi connectivity index (χ2n) is 4.79. The Bertz CT molecular complexity index is 661. The van der Waals surface area contributed by atoms with Gasteiger partial charge in [-0.3, -0.25) is 9.79 Å². The highest BCUT2D eigenvalue weighted by atomic mass is 16.5. The standard InChI is InChI=1S/C16H15NO2/c1-11(15-8-9-19-16(15)18)17-14-7-6-12-4-2-3-5-13(12)10-14/h2-7,10,15H,8-9H2,1H3. The number of hydrogen-bond donors (Lipinski definition) is 0. The van der Waals surface area contributed by atoms with E-state index in [9.17, 15) is 4.79 Å². The van der Waals surface area contributed by atoms with Gasteiger partial charge in [-0.15, -0.1) is 0 Å². The molecule has 3 rings (SSSR count). The normalized spacial score (nSPS) is 19.7. The van der Waals surface area contributed by atoms with E-state index in [1.165, 1.54) is 5.39 Å². The maximum absolute atomic E-state index is 11.5. The van der Waals surface area contributed by atoms with Crippen LogP contribution in [0.2, 0.25) is 0 Å². The fourth-order valence-electron chi connectivity index (χ4n) is 2.40. The number of nitrogens with zero attached hydrogens (tertiary/aromatic N) is 1. The molecule has 1 atom stereocenters. The van der Waals surface area contributed by atoms with Crippen LogP contribution in [0.5, 0.6) is 0 Å². The number of cyclic esters (lactones) is 1. The van der Waals surface area contributed by atoms with Gasteiger partial charge in [-0.2, -0.15) is 0 Å². The third-order valence-electron chi connectivity index (χ3n) is 3.48. The SMILES string of the molecule is CC(=Nc1ccc2ccccc2c1)C1CCOC1=O. The molecule has 2 aromatic rings. The number of hydrogen-bond acceptors (Lipinski definition) is 3. The van der Waals surface area contributed by atoms with Crippen molar-refractivity contribution in [1.29, 1.82) is 0 Å². The zero-order chi connectivity index (χ0) is 13.2. The van der Waals surface area contributed by atoms with E-state index in [1.54, 1.807) is 0 Å². The third-order valence-corrected chi connectivity index (χ3v) is 3.48. The van der Waals surface area contributed by atoms with Crippen LogP contribution in [0.3, 0.4) is 0 Å². The Morgan fingerprint density at radius 3 is 2.74 bits per heavy atom. The van der Waals surface area contributed by atoms with Gasteiger partial charge in [0, 0.05) is 12.1 Å². The van der Waals surface area contributed by atoms with Crippen LogP contribution in [0, 0.1) is 5.92 Å². The lowest BCUT2D eigenvalue weighted by Crippen LogP contribution is -2.16. The summed E-state index contributed by atoms with van der Waals surface area (Å²) in [6.45, 7) is 2.40. The molecule has 2 aromatic carbocycles. The second-order valence-corrected chi connectivity index (χ2v) is 4.79. The Hall–Kier alpha value is -2.16. The minimum atomic E-state index is -0.175. The largest absolute Gasteiger partial charge is 0.465 e. The molecule has 0 aromatic heterocycles. The molecule has 19 heavy (non-hydrogen) atoms. The van der Waals surface area contributed by atoms with E-state index in [1.807, 2.05) is 31.2 Å². The van der Waals surface area contributed by atoms with Gasteiger partial charge in [0.05, 0.1) is 18.2 Å². The lowest BCUT2D eigenvalue weighted by Gasteiger charge is -2.05. The summed E-state index contributed by atoms with van der Waals surface area (Å²) in [4.78, 5) is 16.1. The zero-order valence-electron chi connectivity index (χ0n) is 10.8. The minimum Gasteiger partial charge on any atom is -0.465 e. The van der Waals surface area contributed by atoms with Gasteiger partial charge in [0.25, 0.3) is 0 Å². The molecule has 3 nitrogen and oxygen atoms in total. The number of benzene rings is 2. The number of carbonyl (C=O) groups excluding carboxylic acids is 1. The molecule has 0 radical (unpaired) electrons. The summed E-state index contributed by atoms with van der Waals surface area (Å²) in [6, 6.07) is 14.2. The average Bonchev–Trinajstić information content (AvgIpc) is 2.85. The molecule has 1 fully saturated rings. The maximum Gasteiger partial charge on any atom is 0.314 e. The molecule has 0 saturated carbocycles. The quantitative estimate of drug-likeness (QED) is 0.607. The van der Waals surface area contributed by atoms with Crippen LogP contribution in [-0.4, -0.2) is 18.3 Å². The summed E-state index contributed by atoms with van der Waals surface area (Å²) >= 11 is 0. The molecule has 1 aliphatic heterocycles. The Morgan fingerprint density at radius 2 is 2.00 bits per heavy atom. The van der Waals surface area contributed by atoms with Crippen LogP contribution in [0.4, 0.5) is 5.69 Å². The van der Waals surface area contributed by atoms with Crippen LogP contribution in [0.1, 0.15) is 13.3 Å². The fraction of sp³-hybridized carbons (Fsp3) is 0.250. The zero-order valence-corrected chi connectivity index (χ0v) is 10.8. The van der Waals surface area contributed by atoms with Gasteiger partial charge in [0.1, 0.15) is 0 Å². The first kappa shape index (κ1) is 11.9. The Balaban J connectivity index is 1.93. The van der Waals surface area contributed by atoms with Crippen molar-refractivity contribution in [1.82, 2.24) is 0 Å². The van der Waals surface area contributed by atoms with Crippen molar-refractivity contribution in [2.24, 2.45) is 10.9 Å². The van der Waals surface area contributed by atoms with Gasteiger partial charge in [-0.25, -0.2) is 0 Å². The van der Waals surface area contributed by atoms with E-state index in [-0.39, 0.29) is 11.9 Å². The number of ether oxygens (including phenoxy) is 1. The van der Waals surface area contributed by atoms with Crippen molar-refractivity contribution in [2.45, 2.75) is 13.3 Å². The smallest absolute Gasteiger partial charge is 0.314 e. The number of fused-ring (bicyclic) bond motifs is 1. The van der Waals surface area contributed by atoms with Crippen molar-refractivity contribution in [2.75, 3.05) is 6.61 Å². The first-order valence-corrected chi connectivity index (χ1v) is 6.45. The molecule has 1 heterocycles. The van der Waals surface area contributed by atoms with E-state index in [2.05, 4.69) is 23.2 Å². The molecule has 0 aliphatic carbocycles. The Morgan fingerprint density at radius 1 is 1.21 bits per heavy atom. The van der Waals surface area contributed by atoms with Gasteiger partial charge in [0.15, 0.2) is 0 Å². The average molecular weight is 253 g/mol. The van der Waals surface area contributed by atoms with Crippen LogP contribution >= 0.6 is 0 Å². The van der Waals surface area contributed by atoms with Crippen molar-refractivity contribution in [3.05, 3.63) is 42.5 Å². The van der Waals surface area contributed by atoms with E-state index in [0.717, 1.165) is 23.2 Å². The molecule has 0 N–H and O–H groups in total. The first-order valence-electron chi connectivity index (χ1n) is 6.45. The highest BCUT2D eigenvalue weighted by Crippen LogP contribution is 2.23. The molecule has 1 unspecified atom stereocenters. The van der Waals surface area contributed by atoms with Crippen LogP contribution in [0.15, 0.2) is 47.5 Å². The minimum absolute atomic E-state index is 0.151. The number of carbonyl (C=O) groups is 1.